The van der Waals surface area contributed by atoms with Gasteiger partial charge in [-0.25, -0.2) is 9.07 Å². The van der Waals surface area contributed by atoms with Gasteiger partial charge in [-0.05, 0) is 40.5 Å². The summed E-state index contributed by atoms with van der Waals surface area (Å²) in [7, 11) is 0. The summed E-state index contributed by atoms with van der Waals surface area (Å²) in [6.07, 6.45) is 3.63. The second-order valence-corrected chi connectivity index (χ2v) is 4.93. The van der Waals surface area contributed by atoms with Gasteiger partial charge in [-0.2, -0.15) is 0 Å². The molecule has 1 aromatic carbocycles. The Kier molecular flexibility index (Phi) is 4.08. The second kappa shape index (κ2) is 5.58. The number of hydrogen-bond donors (Lipinski definition) is 1. The van der Waals surface area contributed by atoms with E-state index in [1.165, 1.54) is 12.1 Å². The Morgan fingerprint density at radius 3 is 2.94 bits per heavy atom. The van der Waals surface area contributed by atoms with Gasteiger partial charge in [0.25, 0.3) is 0 Å². The van der Waals surface area contributed by atoms with Crippen molar-refractivity contribution >= 4 is 15.9 Å². The van der Waals surface area contributed by atoms with Gasteiger partial charge in [0.05, 0.1) is 23.6 Å². The molecule has 96 valence electrons. The predicted molar refractivity (Wildman–Crippen MR) is 70.9 cm³/mol. The minimum absolute atomic E-state index is 0.108. The lowest BCUT2D eigenvalue weighted by Gasteiger charge is -2.05. The molecule has 1 aromatic heterocycles. The Labute approximate surface area is 113 Å². The Bertz CT molecular complexity index is 541. The maximum Gasteiger partial charge on any atom is 0.124 e. The molecule has 6 heteroatoms. The first-order valence-corrected chi connectivity index (χ1v) is 6.54. The zero-order valence-electron chi connectivity index (χ0n) is 9.98. The van der Waals surface area contributed by atoms with Crippen molar-refractivity contribution in [2.45, 2.75) is 25.8 Å². The van der Waals surface area contributed by atoms with E-state index in [-0.39, 0.29) is 11.9 Å². The fourth-order valence-corrected chi connectivity index (χ4v) is 2.22. The van der Waals surface area contributed by atoms with E-state index in [1.807, 2.05) is 0 Å². The number of aromatic nitrogens is 3. The normalized spacial score (nSPS) is 12.7. The molecular weight excluding hydrogens is 299 g/mol. The van der Waals surface area contributed by atoms with Gasteiger partial charge >= 0.3 is 0 Å². The highest BCUT2D eigenvalue weighted by molar-refractivity contribution is 9.10. The number of halogens is 2. The maximum absolute atomic E-state index is 13.0. The highest BCUT2D eigenvalue weighted by Crippen LogP contribution is 2.22. The topological polar surface area (TPSA) is 56.7 Å². The first kappa shape index (κ1) is 13.2. The highest BCUT2D eigenvalue weighted by Gasteiger charge is 2.12. The molecule has 0 saturated carbocycles. The molecule has 0 bridgehead atoms. The van der Waals surface area contributed by atoms with E-state index < -0.39 is 0 Å². The van der Waals surface area contributed by atoms with Crippen molar-refractivity contribution in [2.75, 3.05) is 0 Å². The van der Waals surface area contributed by atoms with Crippen molar-refractivity contribution in [1.29, 1.82) is 0 Å². The minimum atomic E-state index is -0.298. The summed E-state index contributed by atoms with van der Waals surface area (Å²) in [5, 5.41) is 8.06. The summed E-state index contributed by atoms with van der Waals surface area (Å²) >= 11 is 3.30. The average Bonchev–Trinajstić information content (AvgIpc) is 2.78. The molecule has 2 N–H and O–H groups in total. The van der Waals surface area contributed by atoms with Crippen molar-refractivity contribution in [3.05, 3.63) is 40.4 Å². The van der Waals surface area contributed by atoms with E-state index in [1.54, 1.807) is 16.9 Å². The zero-order valence-corrected chi connectivity index (χ0v) is 11.6. The molecule has 0 saturated heterocycles. The summed E-state index contributed by atoms with van der Waals surface area (Å²) in [4.78, 5) is 0. The van der Waals surface area contributed by atoms with Crippen molar-refractivity contribution < 1.29 is 4.39 Å². The van der Waals surface area contributed by atoms with Crippen molar-refractivity contribution in [2.24, 2.45) is 5.73 Å². The van der Waals surface area contributed by atoms with E-state index >= 15 is 0 Å². The van der Waals surface area contributed by atoms with E-state index in [0.717, 1.165) is 24.2 Å². The molecule has 2 rings (SSSR count). The van der Waals surface area contributed by atoms with Crippen LogP contribution in [-0.2, 0) is 0 Å². The van der Waals surface area contributed by atoms with Crippen LogP contribution >= 0.6 is 15.9 Å². The van der Waals surface area contributed by atoms with Gasteiger partial charge in [0.2, 0.25) is 0 Å². The lowest BCUT2D eigenvalue weighted by molar-refractivity contribution is 0.619. The van der Waals surface area contributed by atoms with Crippen LogP contribution in [0.25, 0.3) is 5.69 Å². The minimum Gasteiger partial charge on any atom is -0.323 e. The third-order valence-electron chi connectivity index (χ3n) is 2.65. The summed E-state index contributed by atoms with van der Waals surface area (Å²) in [5.41, 5.74) is 7.45. The summed E-state index contributed by atoms with van der Waals surface area (Å²) in [6.45, 7) is 2.07. The molecule has 1 unspecified atom stereocenters. The number of rotatable bonds is 4. The standard InChI is InChI=1S/C12H14BrFN4/c1-2-3-10(15)11-7-18(17-16-11)12-5-4-8(14)6-9(12)13/h4-7,10H,2-3,15H2,1H3. The van der Waals surface area contributed by atoms with Gasteiger partial charge in [0.1, 0.15) is 5.82 Å². The van der Waals surface area contributed by atoms with E-state index in [9.17, 15) is 4.39 Å². The second-order valence-electron chi connectivity index (χ2n) is 4.08. The average molecular weight is 313 g/mol. The van der Waals surface area contributed by atoms with Gasteiger partial charge < -0.3 is 5.73 Å². The number of nitrogens with two attached hydrogens (primary N) is 1. The maximum atomic E-state index is 13.0. The van der Waals surface area contributed by atoms with Crippen LogP contribution in [-0.4, -0.2) is 15.0 Å². The van der Waals surface area contributed by atoms with Crippen LogP contribution in [0.2, 0.25) is 0 Å². The SMILES string of the molecule is CCCC(N)c1cn(-c2ccc(F)cc2Br)nn1. The number of benzene rings is 1. The first-order valence-electron chi connectivity index (χ1n) is 5.75. The van der Waals surface area contributed by atoms with Gasteiger partial charge in [0, 0.05) is 4.47 Å². The summed E-state index contributed by atoms with van der Waals surface area (Å²) in [6, 6.07) is 4.31. The molecule has 0 radical (unpaired) electrons. The predicted octanol–water partition coefficient (Wildman–Crippen LogP) is 2.97. The quantitative estimate of drug-likeness (QED) is 0.944. The van der Waals surface area contributed by atoms with E-state index in [0.29, 0.717) is 4.47 Å². The molecule has 2 aromatic rings. The Morgan fingerprint density at radius 2 is 2.28 bits per heavy atom. The van der Waals surface area contributed by atoms with Gasteiger partial charge in [-0.15, -0.1) is 5.10 Å². The fraction of sp³-hybridized carbons (Fsp3) is 0.333. The summed E-state index contributed by atoms with van der Waals surface area (Å²) < 4.78 is 15.2. The third-order valence-corrected chi connectivity index (χ3v) is 3.28. The lowest BCUT2D eigenvalue weighted by Crippen LogP contribution is -2.10. The lowest BCUT2D eigenvalue weighted by atomic mass is 10.1. The van der Waals surface area contributed by atoms with E-state index in [4.69, 9.17) is 5.73 Å². The smallest absolute Gasteiger partial charge is 0.124 e. The van der Waals surface area contributed by atoms with Crippen LogP contribution in [0.1, 0.15) is 31.5 Å². The van der Waals surface area contributed by atoms with Gasteiger partial charge in [0.15, 0.2) is 0 Å². The first-order chi connectivity index (χ1) is 8.61. The third kappa shape index (κ3) is 2.76. The molecule has 0 aliphatic heterocycles. The van der Waals surface area contributed by atoms with Crippen LogP contribution in [0.5, 0.6) is 0 Å². The number of nitrogens with zero attached hydrogens (tertiary/aromatic N) is 3. The highest BCUT2D eigenvalue weighted by atomic mass is 79.9. The van der Waals surface area contributed by atoms with Gasteiger partial charge in [-0.3, -0.25) is 0 Å². The largest absolute Gasteiger partial charge is 0.323 e. The van der Waals surface area contributed by atoms with Gasteiger partial charge in [-0.1, -0.05) is 18.6 Å². The molecule has 0 aliphatic rings. The molecule has 0 spiro atoms. The summed E-state index contributed by atoms with van der Waals surface area (Å²) in [5.74, 6) is -0.298. The molecule has 1 atom stereocenters. The molecule has 0 amide bonds. The van der Waals surface area contributed by atoms with Crippen LogP contribution in [0.15, 0.2) is 28.9 Å². The number of hydrogen-bond acceptors (Lipinski definition) is 3. The Morgan fingerprint density at radius 1 is 1.50 bits per heavy atom. The molecule has 0 aliphatic carbocycles. The molecule has 18 heavy (non-hydrogen) atoms. The van der Waals surface area contributed by atoms with Crippen molar-refractivity contribution in [3.63, 3.8) is 0 Å². The molecule has 4 nitrogen and oxygen atoms in total. The zero-order chi connectivity index (χ0) is 13.1. The van der Waals surface area contributed by atoms with Crippen LogP contribution in [0.4, 0.5) is 4.39 Å². The van der Waals surface area contributed by atoms with Crippen molar-refractivity contribution in [3.8, 4) is 5.69 Å². The fourth-order valence-electron chi connectivity index (χ4n) is 1.69. The molecule has 0 fully saturated rings. The Balaban J connectivity index is 2.29. The van der Waals surface area contributed by atoms with E-state index in [2.05, 4.69) is 33.2 Å². The van der Waals surface area contributed by atoms with Crippen LogP contribution < -0.4 is 5.73 Å². The van der Waals surface area contributed by atoms with Crippen LogP contribution in [0, 0.1) is 5.82 Å². The van der Waals surface area contributed by atoms with Crippen molar-refractivity contribution in [1.82, 2.24) is 15.0 Å². The molecule has 1 heterocycles. The Hall–Kier alpha value is -1.27. The van der Waals surface area contributed by atoms with Crippen LogP contribution in [0.3, 0.4) is 0 Å². The monoisotopic (exact) mass is 312 g/mol. The molecular formula is C12H14BrFN4.